The number of nitrogens with zero attached hydrogens (tertiary/aromatic N) is 1. The summed E-state index contributed by atoms with van der Waals surface area (Å²) in [5.74, 6) is 0. The molecule has 0 atom stereocenters. The van der Waals surface area contributed by atoms with Crippen LogP contribution in [0.1, 0.15) is 25.7 Å². The molecule has 1 heterocycles. The Morgan fingerprint density at radius 3 is 2.57 bits per heavy atom. The molecule has 1 aromatic carbocycles. The molecule has 0 saturated carbocycles. The maximum atomic E-state index is 11.7. The highest BCUT2D eigenvalue weighted by molar-refractivity contribution is 6.33. The molecule has 2 rings (SSSR count). The van der Waals surface area contributed by atoms with Gasteiger partial charge in [0.05, 0.1) is 10.7 Å². The molecule has 0 aromatic heterocycles. The highest BCUT2D eigenvalue weighted by Gasteiger charge is 2.09. The summed E-state index contributed by atoms with van der Waals surface area (Å²) in [6.07, 6.45) is 4.99. The Morgan fingerprint density at radius 2 is 1.78 bits per heavy atom. The molecule has 1 fully saturated rings. The van der Waals surface area contributed by atoms with Crippen molar-refractivity contribution in [1.82, 2.24) is 15.5 Å². The summed E-state index contributed by atoms with van der Waals surface area (Å²) in [5, 5.41) is 9.63. The zero-order valence-electron chi connectivity index (χ0n) is 13.6. The second-order valence-electron chi connectivity index (χ2n) is 5.85. The van der Waals surface area contributed by atoms with Crippen molar-refractivity contribution in [2.24, 2.45) is 0 Å². The Hall–Kier alpha value is -1.46. The minimum absolute atomic E-state index is 0.107. The predicted molar refractivity (Wildman–Crippen MR) is 96.3 cm³/mol. The van der Waals surface area contributed by atoms with Crippen molar-refractivity contribution in [3.63, 3.8) is 0 Å². The van der Waals surface area contributed by atoms with Crippen LogP contribution in [0.3, 0.4) is 0 Å². The van der Waals surface area contributed by atoms with E-state index in [1.165, 1.54) is 32.4 Å². The van der Waals surface area contributed by atoms with Gasteiger partial charge < -0.3 is 20.9 Å². The third-order valence-corrected chi connectivity index (χ3v) is 4.31. The fourth-order valence-corrected chi connectivity index (χ4v) is 2.93. The summed E-state index contributed by atoms with van der Waals surface area (Å²) in [6, 6.07) is 7.47. The molecule has 6 heteroatoms. The van der Waals surface area contributed by atoms with Crippen LogP contribution in [0, 0.1) is 0 Å². The second-order valence-corrected chi connectivity index (χ2v) is 6.25. The van der Waals surface area contributed by atoms with E-state index in [1.54, 1.807) is 0 Å². The van der Waals surface area contributed by atoms with Crippen molar-refractivity contribution < 1.29 is 4.79 Å². The molecular formula is C17H27ClN4O. The van der Waals surface area contributed by atoms with Crippen LogP contribution in [0.4, 0.5) is 10.5 Å². The molecular weight excluding hydrogens is 312 g/mol. The number of hydrogen-bond donors (Lipinski definition) is 3. The first-order valence-electron chi connectivity index (χ1n) is 8.48. The van der Waals surface area contributed by atoms with E-state index in [-0.39, 0.29) is 6.03 Å². The van der Waals surface area contributed by atoms with Crippen LogP contribution in [0.5, 0.6) is 0 Å². The average molecular weight is 339 g/mol. The summed E-state index contributed by atoms with van der Waals surface area (Å²) in [4.78, 5) is 14.2. The first-order valence-corrected chi connectivity index (χ1v) is 8.86. The monoisotopic (exact) mass is 338 g/mol. The average Bonchev–Trinajstić information content (AvgIpc) is 2.58. The zero-order chi connectivity index (χ0) is 16.3. The lowest BCUT2D eigenvalue weighted by molar-refractivity contribution is 0.222. The third-order valence-electron chi connectivity index (χ3n) is 3.99. The van der Waals surface area contributed by atoms with Gasteiger partial charge in [-0.15, -0.1) is 0 Å². The smallest absolute Gasteiger partial charge is 0.314 e. The summed E-state index contributed by atoms with van der Waals surface area (Å²) >= 11 is 6.05. The van der Waals surface area contributed by atoms with Gasteiger partial charge in [0.2, 0.25) is 0 Å². The van der Waals surface area contributed by atoms with Gasteiger partial charge in [-0.1, -0.05) is 30.2 Å². The number of urea groups is 1. The van der Waals surface area contributed by atoms with Crippen LogP contribution in [-0.4, -0.2) is 50.2 Å². The van der Waals surface area contributed by atoms with Crippen LogP contribution < -0.4 is 16.0 Å². The van der Waals surface area contributed by atoms with E-state index in [4.69, 9.17) is 11.6 Å². The SMILES string of the molecule is O=C(NCCCN1CCCCC1)NCCNc1ccccc1Cl. The van der Waals surface area contributed by atoms with Gasteiger partial charge in [0.25, 0.3) is 0 Å². The molecule has 0 aliphatic carbocycles. The van der Waals surface area contributed by atoms with Gasteiger partial charge in [-0.3, -0.25) is 0 Å². The van der Waals surface area contributed by atoms with Crippen LogP contribution in [0.25, 0.3) is 0 Å². The number of carbonyl (C=O) groups is 1. The van der Waals surface area contributed by atoms with Crippen molar-refractivity contribution in [2.75, 3.05) is 44.6 Å². The molecule has 0 unspecified atom stereocenters. The van der Waals surface area contributed by atoms with Gasteiger partial charge >= 0.3 is 6.03 Å². The number of halogens is 1. The van der Waals surface area contributed by atoms with Crippen molar-refractivity contribution >= 4 is 23.3 Å². The van der Waals surface area contributed by atoms with Gasteiger partial charge in [-0.05, 0) is 51.0 Å². The topological polar surface area (TPSA) is 56.4 Å². The third kappa shape index (κ3) is 7.10. The molecule has 1 saturated heterocycles. The highest BCUT2D eigenvalue weighted by atomic mass is 35.5. The number of nitrogens with one attached hydrogen (secondary N) is 3. The van der Waals surface area contributed by atoms with Gasteiger partial charge in [0.15, 0.2) is 0 Å². The van der Waals surface area contributed by atoms with Crippen molar-refractivity contribution in [2.45, 2.75) is 25.7 Å². The van der Waals surface area contributed by atoms with E-state index in [2.05, 4.69) is 20.9 Å². The number of benzene rings is 1. The molecule has 1 aliphatic heterocycles. The number of para-hydroxylation sites is 1. The van der Waals surface area contributed by atoms with Crippen LogP contribution in [0.15, 0.2) is 24.3 Å². The minimum atomic E-state index is -0.107. The summed E-state index contributed by atoms with van der Waals surface area (Å²) < 4.78 is 0. The number of piperidine rings is 1. The Bertz CT molecular complexity index is 477. The normalized spacial score (nSPS) is 15.2. The van der Waals surface area contributed by atoms with Gasteiger partial charge in [-0.2, -0.15) is 0 Å². The Kier molecular flexibility index (Phi) is 8.04. The standard InChI is InChI=1S/C17H27ClN4O/c18-15-7-2-3-8-16(15)19-10-11-21-17(23)20-9-6-14-22-12-4-1-5-13-22/h2-3,7-8,19H,1,4-6,9-14H2,(H2,20,21,23). The second kappa shape index (κ2) is 10.3. The lowest BCUT2D eigenvalue weighted by Crippen LogP contribution is -2.39. The molecule has 3 N–H and O–H groups in total. The fourth-order valence-electron chi connectivity index (χ4n) is 2.73. The van der Waals surface area contributed by atoms with E-state index in [1.807, 2.05) is 24.3 Å². The predicted octanol–water partition coefficient (Wildman–Crippen LogP) is 2.93. The Labute approximate surface area is 143 Å². The number of amides is 2. The van der Waals surface area contributed by atoms with Crippen LogP contribution in [0.2, 0.25) is 5.02 Å². The van der Waals surface area contributed by atoms with Gasteiger partial charge in [0.1, 0.15) is 0 Å². The molecule has 1 aliphatic rings. The van der Waals surface area contributed by atoms with Crippen LogP contribution in [-0.2, 0) is 0 Å². The molecule has 2 amide bonds. The maximum Gasteiger partial charge on any atom is 0.314 e. The molecule has 5 nitrogen and oxygen atoms in total. The first kappa shape index (κ1) is 17.9. The summed E-state index contributed by atoms with van der Waals surface area (Å²) in [5.41, 5.74) is 0.887. The maximum absolute atomic E-state index is 11.7. The number of rotatable bonds is 8. The number of anilines is 1. The van der Waals surface area contributed by atoms with Crippen LogP contribution >= 0.6 is 11.6 Å². The quantitative estimate of drug-likeness (QED) is 0.639. The number of carbonyl (C=O) groups excluding carboxylic acids is 1. The Balaban J connectivity index is 1.47. The van der Waals surface area contributed by atoms with Crippen molar-refractivity contribution in [3.05, 3.63) is 29.3 Å². The van der Waals surface area contributed by atoms with Gasteiger partial charge in [0, 0.05) is 19.6 Å². The molecule has 0 radical (unpaired) electrons. The van der Waals surface area contributed by atoms with E-state index in [0.29, 0.717) is 18.1 Å². The lowest BCUT2D eigenvalue weighted by atomic mass is 10.1. The van der Waals surface area contributed by atoms with E-state index >= 15 is 0 Å². The van der Waals surface area contributed by atoms with E-state index in [9.17, 15) is 4.79 Å². The largest absolute Gasteiger partial charge is 0.382 e. The molecule has 128 valence electrons. The number of hydrogen-bond acceptors (Lipinski definition) is 3. The minimum Gasteiger partial charge on any atom is -0.382 e. The first-order chi connectivity index (χ1) is 11.3. The fraction of sp³-hybridized carbons (Fsp3) is 0.588. The zero-order valence-corrected chi connectivity index (χ0v) is 14.4. The lowest BCUT2D eigenvalue weighted by Gasteiger charge is -2.26. The molecule has 1 aromatic rings. The van der Waals surface area contributed by atoms with E-state index in [0.717, 1.165) is 25.2 Å². The Morgan fingerprint density at radius 1 is 1.04 bits per heavy atom. The molecule has 0 bridgehead atoms. The highest BCUT2D eigenvalue weighted by Crippen LogP contribution is 2.19. The van der Waals surface area contributed by atoms with Crippen molar-refractivity contribution in [3.8, 4) is 0 Å². The summed E-state index contributed by atoms with van der Waals surface area (Å²) in [7, 11) is 0. The van der Waals surface area contributed by atoms with Crippen molar-refractivity contribution in [1.29, 1.82) is 0 Å². The number of likely N-dealkylation sites (tertiary alicyclic amines) is 1. The molecule has 23 heavy (non-hydrogen) atoms. The molecule has 0 spiro atoms. The summed E-state index contributed by atoms with van der Waals surface area (Å²) in [6.45, 7) is 5.42. The van der Waals surface area contributed by atoms with Gasteiger partial charge in [-0.25, -0.2) is 4.79 Å². The van der Waals surface area contributed by atoms with E-state index < -0.39 is 0 Å².